The molecular formula is C19H33IN4O2S. The van der Waals surface area contributed by atoms with Crippen LogP contribution in [-0.2, 0) is 16.6 Å². The maximum atomic E-state index is 12.5. The number of hydrogen-bond acceptors (Lipinski definition) is 3. The molecule has 2 rings (SSSR count). The molecule has 0 bridgehead atoms. The molecule has 1 fully saturated rings. The van der Waals surface area contributed by atoms with Crippen molar-refractivity contribution in [2.75, 3.05) is 27.2 Å². The van der Waals surface area contributed by atoms with Crippen LogP contribution in [0.5, 0.6) is 0 Å². The average Bonchev–Trinajstić information content (AvgIpc) is 2.63. The third kappa shape index (κ3) is 6.32. The van der Waals surface area contributed by atoms with Gasteiger partial charge in [-0.2, -0.15) is 4.31 Å². The lowest BCUT2D eigenvalue weighted by atomic mass is 10.00. The van der Waals surface area contributed by atoms with E-state index in [9.17, 15) is 8.42 Å². The molecule has 1 aromatic carbocycles. The number of benzene rings is 1. The molecule has 1 heterocycles. The number of likely N-dealkylation sites (tertiary alicyclic amines) is 1. The van der Waals surface area contributed by atoms with Gasteiger partial charge in [-0.25, -0.2) is 8.42 Å². The maximum absolute atomic E-state index is 12.5. The van der Waals surface area contributed by atoms with Crippen molar-refractivity contribution in [1.82, 2.24) is 14.5 Å². The summed E-state index contributed by atoms with van der Waals surface area (Å²) in [5, 5.41) is 3.39. The van der Waals surface area contributed by atoms with Gasteiger partial charge in [0.05, 0.1) is 4.90 Å². The summed E-state index contributed by atoms with van der Waals surface area (Å²) < 4.78 is 26.4. The number of hydrogen-bond donors (Lipinski definition) is 1. The van der Waals surface area contributed by atoms with Gasteiger partial charge in [0.25, 0.3) is 0 Å². The Balaban J connectivity index is 0.00000364. The summed E-state index contributed by atoms with van der Waals surface area (Å²) in [7, 11) is -0.0189. The highest BCUT2D eigenvalue weighted by Gasteiger charge is 2.23. The van der Waals surface area contributed by atoms with E-state index in [0.717, 1.165) is 30.5 Å². The van der Waals surface area contributed by atoms with Crippen LogP contribution < -0.4 is 5.32 Å². The van der Waals surface area contributed by atoms with Crippen molar-refractivity contribution in [2.45, 2.75) is 51.1 Å². The number of rotatable bonds is 5. The summed E-state index contributed by atoms with van der Waals surface area (Å²) in [6.45, 7) is 8.70. The first kappa shape index (κ1) is 24.2. The van der Waals surface area contributed by atoms with Crippen molar-refractivity contribution in [3.8, 4) is 0 Å². The molecule has 27 heavy (non-hydrogen) atoms. The van der Waals surface area contributed by atoms with Crippen LogP contribution in [0.3, 0.4) is 0 Å². The smallest absolute Gasteiger partial charge is 0.243 e. The molecule has 0 aliphatic carbocycles. The molecule has 154 valence electrons. The van der Waals surface area contributed by atoms with Gasteiger partial charge in [-0.3, -0.25) is 4.99 Å². The molecule has 0 aromatic heterocycles. The zero-order valence-corrected chi connectivity index (χ0v) is 20.1. The first-order valence-electron chi connectivity index (χ1n) is 9.28. The summed E-state index contributed by atoms with van der Waals surface area (Å²) in [4.78, 5) is 6.99. The highest BCUT2D eigenvalue weighted by molar-refractivity contribution is 14.0. The molecule has 0 unspecified atom stereocenters. The standard InChI is InChI=1S/C19H32N4O2S.HI/c1-15(2)22(5)26(24,25)18-8-6-17(7-9-18)14-21-19(20-4)23-12-10-16(3)11-13-23;/h6-9,15-16H,10-14H2,1-5H3,(H,20,21);1H. The van der Waals surface area contributed by atoms with Crippen LogP contribution in [0, 0.1) is 5.92 Å². The zero-order valence-electron chi connectivity index (χ0n) is 17.0. The van der Waals surface area contributed by atoms with Gasteiger partial charge in [-0.15, -0.1) is 24.0 Å². The molecule has 1 saturated heterocycles. The number of guanidine groups is 1. The molecule has 1 aliphatic heterocycles. The van der Waals surface area contributed by atoms with E-state index >= 15 is 0 Å². The van der Waals surface area contributed by atoms with Crippen LogP contribution >= 0.6 is 24.0 Å². The van der Waals surface area contributed by atoms with Gasteiger partial charge in [0.2, 0.25) is 10.0 Å². The van der Waals surface area contributed by atoms with Gasteiger partial charge in [-0.1, -0.05) is 19.1 Å². The lowest BCUT2D eigenvalue weighted by Crippen LogP contribution is -2.45. The fourth-order valence-electron chi connectivity index (χ4n) is 2.96. The molecule has 8 heteroatoms. The quantitative estimate of drug-likeness (QED) is 0.377. The second kappa shape index (κ2) is 10.6. The second-order valence-electron chi connectivity index (χ2n) is 7.33. The molecule has 0 radical (unpaired) electrons. The highest BCUT2D eigenvalue weighted by Crippen LogP contribution is 2.18. The predicted molar refractivity (Wildman–Crippen MR) is 122 cm³/mol. The fourth-order valence-corrected chi connectivity index (χ4v) is 4.32. The van der Waals surface area contributed by atoms with Crippen LogP contribution in [0.4, 0.5) is 0 Å². The zero-order chi connectivity index (χ0) is 19.3. The molecule has 0 amide bonds. The average molecular weight is 508 g/mol. The van der Waals surface area contributed by atoms with Crippen molar-refractivity contribution in [3.63, 3.8) is 0 Å². The third-order valence-electron chi connectivity index (χ3n) is 5.07. The van der Waals surface area contributed by atoms with Crippen LogP contribution in [0.2, 0.25) is 0 Å². The highest BCUT2D eigenvalue weighted by atomic mass is 127. The van der Waals surface area contributed by atoms with E-state index in [0.29, 0.717) is 11.4 Å². The van der Waals surface area contributed by atoms with Crippen molar-refractivity contribution in [1.29, 1.82) is 0 Å². The third-order valence-corrected chi connectivity index (χ3v) is 7.12. The number of nitrogens with zero attached hydrogens (tertiary/aromatic N) is 3. The van der Waals surface area contributed by atoms with Gasteiger partial charge in [0.15, 0.2) is 5.96 Å². The van der Waals surface area contributed by atoms with Crippen molar-refractivity contribution in [3.05, 3.63) is 29.8 Å². The molecule has 0 saturated carbocycles. The van der Waals surface area contributed by atoms with E-state index in [1.165, 1.54) is 17.1 Å². The number of piperidine rings is 1. The minimum Gasteiger partial charge on any atom is -0.352 e. The summed E-state index contributed by atoms with van der Waals surface area (Å²) in [5.74, 6) is 1.69. The number of halogens is 1. The molecule has 6 nitrogen and oxygen atoms in total. The van der Waals surface area contributed by atoms with Crippen LogP contribution in [0.15, 0.2) is 34.2 Å². The Morgan fingerprint density at radius 1 is 1.26 bits per heavy atom. The monoisotopic (exact) mass is 508 g/mol. The topological polar surface area (TPSA) is 65.0 Å². The van der Waals surface area contributed by atoms with Crippen LogP contribution in [0.25, 0.3) is 0 Å². The normalized spacial score (nSPS) is 16.6. The van der Waals surface area contributed by atoms with E-state index in [-0.39, 0.29) is 30.0 Å². The predicted octanol–water partition coefficient (Wildman–Crippen LogP) is 3.14. The molecule has 1 aromatic rings. The van der Waals surface area contributed by atoms with Crippen LogP contribution in [0.1, 0.15) is 39.2 Å². The van der Waals surface area contributed by atoms with E-state index in [1.54, 1.807) is 26.2 Å². The van der Waals surface area contributed by atoms with E-state index in [1.807, 2.05) is 26.0 Å². The second-order valence-corrected chi connectivity index (χ2v) is 9.33. The molecule has 0 atom stereocenters. The SMILES string of the molecule is CN=C(NCc1ccc(S(=O)(=O)N(C)C(C)C)cc1)N1CCC(C)CC1.I. The van der Waals surface area contributed by atoms with Gasteiger partial charge < -0.3 is 10.2 Å². The maximum Gasteiger partial charge on any atom is 0.243 e. The van der Waals surface area contributed by atoms with Crippen molar-refractivity contribution >= 4 is 40.0 Å². The minimum atomic E-state index is -3.43. The summed E-state index contributed by atoms with van der Waals surface area (Å²) in [6, 6.07) is 7.00. The molecule has 1 N–H and O–H groups in total. The van der Waals surface area contributed by atoms with Gasteiger partial charge in [-0.05, 0) is 50.3 Å². The van der Waals surface area contributed by atoms with Gasteiger partial charge in [0.1, 0.15) is 0 Å². The first-order chi connectivity index (χ1) is 12.3. The Kier molecular flexibility index (Phi) is 9.50. The molecular weight excluding hydrogens is 475 g/mol. The number of sulfonamides is 1. The Morgan fingerprint density at radius 2 is 1.81 bits per heavy atom. The lowest BCUT2D eigenvalue weighted by Gasteiger charge is -2.32. The number of aliphatic imine (C=N–C) groups is 1. The van der Waals surface area contributed by atoms with E-state index in [2.05, 4.69) is 22.1 Å². The van der Waals surface area contributed by atoms with Crippen molar-refractivity contribution < 1.29 is 8.42 Å². The van der Waals surface area contributed by atoms with Crippen molar-refractivity contribution in [2.24, 2.45) is 10.9 Å². The summed E-state index contributed by atoms with van der Waals surface area (Å²) in [5.41, 5.74) is 1.03. The Bertz CT molecular complexity index is 712. The van der Waals surface area contributed by atoms with E-state index in [4.69, 9.17) is 0 Å². The van der Waals surface area contributed by atoms with Gasteiger partial charge >= 0.3 is 0 Å². The Hall–Kier alpha value is -0.870. The molecule has 1 aliphatic rings. The van der Waals surface area contributed by atoms with E-state index < -0.39 is 10.0 Å². The lowest BCUT2D eigenvalue weighted by molar-refractivity contribution is 0.273. The minimum absolute atomic E-state index is 0. The summed E-state index contributed by atoms with van der Waals surface area (Å²) >= 11 is 0. The Labute approximate surface area is 181 Å². The summed E-state index contributed by atoms with van der Waals surface area (Å²) in [6.07, 6.45) is 2.38. The van der Waals surface area contributed by atoms with Crippen LogP contribution in [-0.4, -0.2) is 56.8 Å². The Morgan fingerprint density at radius 3 is 2.30 bits per heavy atom. The number of nitrogens with one attached hydrogen (secondary N) is 1. The molecule has 0 spiro atoms. The largest absolute Gasteiger partial charge is 0.352 e. The first-order valence-corrected chi connectivity index (χ1v) is 10.7. The van der Waals surface area contributed by atoms with Gasteiger partial charge in [0, 0.05) is 39.8 Å². The fraction of sp³-hybridized carbons (Fsp3) is 0.632.